The lowest BCUT2D eigenvalue weighted by molar-refractivity contribution is -0.163. The largest absolute Gasteiger partial charge is 0.397 e. The van der Waals surface area contributed by atoms with Crippen molar-refractivity contribution in [2.45, 2.75) is 50.2 Å². The first-order valence-corrected chi connectivity index (χ1v) is 13.3. The lowest BCUT2D eigenvalue weighted by atomic mass is 9.95. The molecule has 2 aromatic heterocycles. The Kier molecular flexibility index (Phi) is 6.12. The van der Waals surface area contributed by atoms with Gasteiger partial charge in [0.15, 0.2) is 0 Å². The minimum absolute atomic E-state index is 0.100. The number of hydrogen-bond donors (Lipinski definition) is 0. The predicted octanol–water partition coefficient (Wildman–Crippen LogP) is 4.73. The van der Waals surface area contributed by atoms with Gasteiger partial charge in [0.05, 0.1) is 17.3 Å². The van der Waals surface area contributed by atoms with Crippen LogP contribution < -0.4 is 10.5 Å². The van der Waals surface area contributed by atoms with E-state index in [0.29, 0.717) is 29.9 Å². The number of benzene rings is 1. The standard InChI is InChI=1S/C29H28F3N5O2/c1-35-15-23(20-4-2-3-5-21(20)28(35)39)22-12-19(14-33)27(34-26(22)18-8-9-18)36-10-11-37(24(16-36)17-6-7-17)25(38)13-29(30,31)32/h2-5,12,15,17-18,24H,6-11,13,16H2,1H3/t24-/m0/s1. The smallest absolute Gasteiger partial charge is 0.352 e. The molecule has 39 heavy (non-hydrogen) atoms. The average Bonchev–Trinajstić information content (AvgIpc) is 3.82. The highest BCUT2D eigenvalue weighted by Gasteiger charge is 2.44. The molecule has 1 atom stereocenters. The Morgan fingerprint density at radius 3 is 2.46 bits per heavy atom. The van der Waals surface area contributed by atoms with Crippen LogP contribution >= 0.6 is 0 Å². The molecule has 6 rings (SSSR count). The molecular formula is C29H28F3N5O2. The van der Waals surface area contributed by atoms with E-state index in [2.05, 4.69) is 6.07 Å². The summed E-state index contributed by atoms with van der Waals surface area (Å²) in [4.78, 5) is 33.7. The van der Waals surface area contributed by atoms with Crippen LogP contribution in [0.3, 0.4) is 0 Å². The van der Waals surface area contributed by atoms with Gasteiger partial charge in [-0.1, -0.05) is 18.2 Å². The van der Waals surface area contributed by atoms with E-state index in [9.17, 15) is 28.0 Å². The number of pyridine rings is 2. The minimum Gasteiger partial charge on any atom is -0.352 e. The van der Waals surface area contributed by atoms with Crippen molar-refractivity contribution in [1.29, 1.82) is 5.26 Å². The number of alkyl halides is 3. The number of carbonyl (C=O) groups excluding carboxylic acids is 1. The van der Waals surface area contributed by atoms with E-state index in [1.807, 2.05) is 29.2 Å². The van der Waals surface area contributed by atoms with Gasteiger partial charge in [0, 0.05) is 55.3 Å². The molecule has 0 radical (unpaired) electrons. The van der Waals surface area contributed by atoms with Gasteiger partial charge in [0.1, 0.15) is 18.3 Å². The SMILES string of the molecule is Cn1cc(-c2cc(C#N)c(N3CCN(C(=O)CC(F)(F)F)[C@H](C4CC4)C3)nc2C2CC2)c2ccccc2c1=O. The van der Waals surface area contributed by atoms with Gasteiger partial charge in [-0.25, -0.2) is 4.98 Å². The van der Waals surface area contributed by atoms with Gasteiger partial charge in [-0.15, -0.1) is 0 Å². The summed E-state index contributed by atoms with van der Waals surface area (Å²) in [7, 11) is 1.71. The maximum Gasteiger partial charge on any atom is 0.397 e. The van der Waals surface area contributed by atoms with Crippen molar-refractivity contribution in [3.8, 4) is 17.2 Å². The van der Waals surface area contributed by atoms with Gasteiger partial charge in [0.2, 0.25) is 5.91 Å². The molecule has 3 heterocycles. The molecule has 0 N–H and O–H groups in total. The Morgan fingerprint density at radius 2 is 1.82 bits per heavy atom. The van der Waals surface area contributed by atoms with E-state index in [1.165, 1.54) is 4.90 Å². The number of carbonyl (C=O) groups is 1. The van der Waals surface area contributed by atoms with Crippen molar-refractivity contribution in [3.05, 3.63) is 58.1 Å². The maximum atomic E-state index is 13.0. The number of fused-ring (bicyclic) bond motifs is 1. The van der Waals surface area contributed by atoms with Gasteiger partial charge in [-0.3, -0.25) is 9.59 Å². The zero-order valence-corrected chi connectivity index (χ0v) is 21.5. The van der Waals surface area contributed by atoms with Gasteiger partial charge in [0.25, 0.3) is 5.56 Å². The summed E-state index contributed by atoms with van der Waals surface area (Å²) >= 11 is 0. The third-order valence-corrected chi connectivity index (χ3v) is 8.05. The van der Waals surface area contributed by atoms with Crippen LogP contribution in [0.2, 0.25) is 0 Å². The van der Waals surface area contributed by atoms with Crippen LogP contribution in [0.4, 0.5) is 19.0 Å². The van der Waals surface area contributed by atoms with E-state index < -0.39 is 18.5 Å². The summed E-state index contributed by atoms with van der Waals surface area (Å²) in [6, 6.07) is 11.2. The number of halogens is 3. The van der Waals surface area contributed by atoms with Gasteiger partial charge < -0.3 is 14.4 Å². The molecule has 1 saturated heterocycles. The van der Waals surface area contributed by atoms with E-state index in [-0.39, 0.29) is 30.0 Å². The monoisotopic (exact) mass is 535 g/mol. The molecule has 10 heteroatoms. The summed E-state index contributed by atoms with van der Waals surface area (Å²) in [6.45, 7) is 0.817. The third kappa shape index (κ3) is 4.86. The molecule has 1 aliphatic heterocycles. The third-order valence-electron chi connectivity index (χ3n) is 8.05. The predicted molar refractivity (Wildman–Crippen MR) is 140 cm³/mol. The van der Waals surface area contributed by atoms with Crippen LogP contribution in [0.25, 0.3) is 21.9 Å². The zero-order valence-electron chi connectivity index (χ0n) is 21.5. The number of piperazine rings is 1. The lowest BCUT2D eigenvalue weighted by Gasteiger charge is -2.42. The highest BCUT2D eigenvalue weighted by Crippen LogP contribution is 2.46. The van der Waals surface area contributed by atoms with Crippen LogP contribution in [0.15, 0.2) is 41.3 Å². The highest BCUT2D eigenvalue weighted by molar-refractivity contribution is 5.97. The van der Waals surface area contributed by atoms with Gasteiger partial charge in [-0.05, 0) is 49.1 Å². The first-order chi connectivity index (χ1) is 18.6. The van der Waals surface area contributed by atoms with Gasteiger partial charge >= 0.3 is 6.18 Å². The Labute approximate surface area is 223 Å². The number of nitriles is 1. The summed E-state index contributed by atoms with van der Waals surface area (Å²) in [5, 5.41) is 11.6. The quantitative estimate of drug-likeness (QED) is 0.472. The Morgan fingerprint density at radius 1 is 1.10 bits per heavy atom. The fourth-order valence-corrected chi connectivity index (χ4v) is 5.82. The van der Waals surface area contributed by atoms with Crippen LogP contribution in [0.5, 0.6) is 0 Å². The lowest BCUT2D eigenvalue weighted by Crippen LogP contribution is -2.57. The fraction of sp³-hybridized carbons (Fsp3) is 0.448. The molecule has 0 bridgehead atoms. The van der Waals surface area contributed by atoms with Crippen LogP contribution in [0, 0.1) is 17.2 Å². The Hall–Kier alpha value is -3.87. The average molecular weight is 536 g/mol. The van der Waals surface area contributed by atoms with Crippen molar-refractivity contribution < 1.29 is 18.0 Å². The molecule has 7 nitrogen and oxygen atoms in total. The first kappa shape index (κ1) is 25.4. The molecule has 3 aliphatic rings. The molecule has 1 amide bonds. The summed E-state index contributed by atoms with van der Waals surface area (Å²) < 4.78 is 40.5. The van der Waals surface area contributed by atoms with Gasteiger partial charge in [-0.2, -0.15) is 18.4 Å². The summed E-state index contributed by atoms with van der Waals surface area (Å²) in [5.74, 6) is 0.0278. The van der Waals surface area contributed by atoms with Crippen molar-refractivity contribution in [2.24, 2.45) is 13.0 Å². The number of amides is 1. The molecule has 0 spiro atoms. The van der Waals surface area contributed by atoms with Crippen molar-refractivity contribution in [3.63, 3.8) is 0 Å². The molecule has 0 unspecified atom stereocenters. The summed E-state index contributed by atoms with van der Waals surface area (Å²) in [6.07, 6.45) is -0.511. The van der Waals surface area contributed by atoms with Crippen LogP contribution in [-0.2, 0) is 11.8 Å². The normalized spacial score (nSPS) is 19.8. The van der Waals surface area contributed by atoms with E-state index in [4.69, 9.17) is 4.98 Å². The molecule has 2 aliphatic carbocycles. The second-order valence-electron chi connectivity index (χ2n) is 10.9. The van der Waals surface area contributed by atoms with E-state index in [0.717, 1.165) is 47.9 Å². The first-order valence-electron chi connectivity index (χ1n) is 13.3. The van der Waals surface area contributed by atoms with Crippen LogP contribution in [0.1, 0.15) is 49.3 Å². The molecule has 3 aromatic rings. The second-order valence-corrected chi connectivity index (χ2v) is 10.9. The number of hydrogen-bond acceptors (Lipinski definition) is 5. The minimum atomic E-state index is -4.54. The number of anilines is 1. The van der Waals surface area contributed by atoms with Crippen molar-refractivity contribution in [1.82, 2.24) is 14.5 Å². The molecular weight excluding hydrogens is 507 g/mol. The number of aryl methyl sites for hydroxylation is 1. The molecule has 1 aromatic carbocycles. The molecule has 2 saturated carbocycles. The van der Waals surface area contributed by atoms with Crippen molar-refractivity contribution in [2.75, 3.05) is 24.5 Å². The molecule has 3 fully saturated rings. The number of aromatic nitrogens is 2. The van der Waals surface area contributed by atoms with Crippen LogP contribution in [-0.4, -0.2) is 52.2 Å². The summed E-state index contributed by atoms with van der Waals surface area (Å²) in [5.41, 5.74) is 2.80. The molecule has 202 valence electrons. The second kappa shape index (κ2) is 9.40. The van der Waals surface area contributed by atoms with E-state index >= 15 is 0 Å². The highest BCUT2D eigenvalue weighted by atomic mass is 19.4. The zero-order chi connectivity index (χ0) is 27.5. The maximum absolute atomic E-state index is 13.0. The van der Waals surface area contributed by atoms with E-state index in [1.54, 1.807) is 23.9 Å². The Bertz CT molecular complexity index is 1570. The number of rotatable bonds is 5. The van der Waals surface area contributed by atoms with Crippen molar-refractivity contribution >= 4 is 22.5 Å². The fourth-order valence-electron chi connectivity index (χ4n) is 5.82. The topological polar surface area (TPSA) is 82.2 Å². The number of nitrogens with zero attached hydrogens (tertiary/aromatic N) is 5. The Balaban J connectivity index is 1.40.